The van der Waals surface area contributed by atoms with Crippen molar-refractivity contribution < 1.29 is 5.11 Å². The fourth-order valence-electron chi connectivity index (χ4n) is 2.65. The van der Waals surface area contributed by atoms with Gasteiger partial charge in [-0.2, -0.15) is 0 Å². The number of aliphatic imine (C=N–C) groups is 1. The highest BCUT2D eigenvalue weighted by Crippen LogP contribution is 2.19. The van der Waals surface area contributed by atoms with Gasteiger partial charge in [0.2, 0.25) is 0 Å². The van der Waals surface area contributed by atoms with Crippen LogP contribution in [0.25, 0.3) is 0 Å². The first-order valence-electron chi connectivity index (χ1n) is 8.25. The molecule has 0 atom stereocenters. The average Bonchev–Trinajstić information content (AvgIpc) is 2.60. The van der Waals surface area contributed by atoms with Gasteiger partial charge in [0.1, 0.15) is 0 Å². The maximum atomic E-state index is 10.3. The molecule has 6 heteroatoms. The minimum Gasteiger partial charge on any atom is -0.388 e. The number of nitrogens with two attached hydrogens (primary N) is 1. The van der Waals surface area contributed by atoms with E-state index < -0.39 is 5.60 Å². The van der Waals surface area contributed by atoms with Gasteiger partial charge in [0.05, 0.1) is 12.1 Å². The van der Waals surface area contributed by atoms with Gasteiger partial charge in [0, 0.05) is 36.9 Å². The summed E-state index contributed by atoms with van der Waals surface area (Å²) in [6.07, 6.45) is 1.37. The number of rotatable bonds is 5. The number of aliphatic hydroxyl groups is 1. The molecule has 1 saturated heterocycles. The topological polar surface area (TPSA) is 65.1 Å². The molecule has 5 nitrogen and oxygen atoms in total. The third kappa shape index (κ3) is 4.75. The summed E-state index contributed by atoms with van der Waals surface area (Å²) >= 11 is 5.93. The van der Waals surface area contributed by atoms with Gasteiger partial charge in [-0.25, -0.2) is 0 Å². The molecule has 1 fully saturated rings. The maximum absolute atomic E-state index is 10.3. The number of benzene rings is 1. The Kier molecular flexibility index (Phi) is 6.13. The number of piperazine rings is 1. The molecule has 3 N–H and O–H groups in total. The van der Waals surface area contributed by atoms with E-state index in [1.54, 1.807) is 0 Å². The van der Waals surface area contributed by atoms with Crippen LogP contribution in [-0.2, 0) is 0 Å². The molecule has 1 aliphatic rings. The maximum Gasteiger partial charge on any atom is 0.191 e. The Morgan fingerprint density at radius 1 is 1.17 bits per heavy atom. The van der Waals surface area contributed by atoms with E-state index in [9.17, 15) is 5.11 Å². The summed E-state index contributed by atoms with van der Waals surface area (Å²) in [6.45, 7) is 7.75. The van der Waals surface area contributed by atoms with Crippen LogP contribution in [0.3, 0.4) is 0 Å². The lowest BCUT2D eigenvalue weighted by atomic mass is 9.98. The van der Waals surface area contributed by atoms with E-state index in [1.165, 1.54) is 5.69 Å². The fourth-order valence-corrected chi connectivity index (χ4v) is 2.77. The molecule has 0 spiro atoms. The summed E-state index contributed by atoms with van der Waals surface area (Å²) < 4.78 is 0. The van der Waals surface area contributed by atoms with Gasteiger partial charge in [-0.15, -0.1) is 0 Å². The lowest BCUT2D eigenvalue weighted by molar-refractivity contribution is 0.0416. The van der Waals surface area contributed by atoms with Crippen LogP contribution in [-0.4, -0.2) is 54.3 Å². The molecule has 0 bridgehead atoms. The van der Waals surface area contributed by atoms with Crippen molar-refractivity contribution in [3.05, 3.63) is 29.3 Å². The van der Waals surface area contributed by atoms with Gasteiger partial charge in [0.15, 0.2) is 5.96 Å². The molecule has 1 aromatic rings. The highest BCUT2D eigenvalue weighted by atomic mass is 35.5. The molecular weight excluding hydrogens is 312 g/mol. The first-order valence-corrected chi connectivity index (χ1v) is 8.63. The Bertz CT molecular complexity index is 520. The lowest BCUT2D eigenvalue weighted by Crippen LogP contribution is -2.51. The predicted octanol–water partition coefficient (Wildman–Crippen LogP) is 2.33. The molecular formula is C17H27ClN4O. The number of hydrogen-bond acceptors (Lipinski definition) is 3. The normalized spacial score (nSPS) is 16.8. The van der Waals surface area contributed by atoms with Crippen LogP contribution in [0.1, 0.15) is 26.7 Å². The second-order valence-electron chi connectivity index (χ2n) is 6.06. The van der Waals surface area contributed by atoms with Crippen LogP contribution in [0.2, 0.25) is 5.02 Å². The van der Waals surface area contributed by atoms with Crippen molar-refractivity contribution in [1.29, 1.82) is 0 Å². The standard InChI is InChI=1S/C17H27ClN4O/c1-3-17(23,4-2)13-20-16(19)22-11-9-21(10-12-22)15-7-5-14(18)6-8-15/h5-8,23H,3-4,9-13H2,1-2H3,(H2,19,20). The van der Waals surface area contributed by atoms with Crippen molar-refractivity contribution in [3.63, 3.8) is 0 Å². The summed E-state index contributed by atoms with van der Waals surface area (Å²) in [5.41, 5.74) is 6.53. The molecule has 0 aromatic heterocycles. The van der Waals surface area contributed by atoms with Gasteiger partial charge in [0.25, 0.3) is 0 Å². The van der Waals surface area contributed by atoms with Crippen molar-refractivity contribution in [2.75, 3.05) is 37.6 Å². The van der Waals surface area contributed by atoms with Crippen LogP contribution in [0, 0.1) is 0 Å². The van der Waals surface area contributed by atoms with Crippen LogP contribution in [0.5, 0.6) is 0 Å². The summed E-state index contributed by atoms with van der Waals surface area (Å²) in [4.78, 5) is 8.80. The lowest BCUT2D eigenvalue weighted by Gasteiger charge is -2.37. The molecule has 1 aliphatic heterocycles. The largest absolute Gasteiger partial charge is 0.388 e. The zero-order valence-electron chi connectivity index (χ0n) is 14.0. The Hall–Kier alpha value is -1.46. The van der Waals surface area contributed by atoms with Gasteiger partial charge < -0.3 is 20.6 Å². The van der Waals surface area contributed by atoms with Gasteiger partial charge in [-0.3, -0.25) is 4.99 Å². The zero-order chi connectivity index (χ0) is 16.9. The van der Waals surface area contributed by atoms with E-state index in [1.807, 2.05) is 38.1 Å². The van der Waals surface area contributed by atoms with Crippen molar-refractivity contribution >= 4 is 23.2 Å². The van der Waals surface area contributed by atoms with Crippen molar-refractivity contribution in [2.24, 2.45) is 10.7 Å². The minimum atomic E-state index is -0.740. The fraction of sp³-hybridized carbons (Fsp3) is 0.588. The smallest absolute Gasteiger partial charge is 0.191 e. The Labute approximate surface area is 143 Å². The molecule has 128 valence electrons. The molecule has 0 radical (unpaired) electrons. The number of nitrogens with zero attached hydrogens (tertiary/aromatic N) is 3. The predicted molar refractivity (Wildman–Crippen MR) is 97.3 cm³/mol. The Morgan fingerprint density at radius 2 is 1.74 bits per heavy atom. The van der Waals surface area contributed by atoms with Crippen LogP contribution >= 0.6 is 11.6 Å². The van der Waals surface area contributed by atoms with E-state index >= 15 is 0 Å². The summed E-state index contributed by atoms with van der Waals surface area (Å²) in [7, 11) is 0. The first-order chi connectivity index (χ1) is 11.0. The quantitative estimate of drug-likeness (QED) is 0.639. The Morgan fingerprint density at radius 3 is 2.26 bits per heavy atom. The molecule has 0 aliphatic carbocycles. The van der Waals surface area contributed by atoms with Gasteiger partial charge in [-0.05, 0) is 37.1 Å². The summed E-state index contributed by atoms with van der Waals surface area (Å²) in [5, 5.41) is 11.0. The van der Waals surface area contributed by atoms with Crippen molar-refractivity contribution in [2.45, 2.75) is 32.3 Å². The molecule has 1 heterocycles. The molecule has 1 aromatic carbocycles. The third-order valence-electron chi connectivity index (χ3n) is 4.65. The molecule has 0 saturated carbocycles. The zero-order valence-corrected chi connectivity index (χ0v) is 14.8. The second kappa shape index (κ2) is 7.88. The van der Waals surface area contributed by atoms with Gasteiger partial charge >= 0.3 is 0 Å². The summed E-state index contributed by atoms with van der Waals surface area (Å²) in [5.74, 6) is 0.529. The Balaban J connectivity index is 1.89. The van der Waals surface area contributed by atoms with E-state index in [0.29, 0.717) is 25.3 Å². The van der Waals surface area contributed by atoms with Crippen molar-refractivity contribution in [3.8, 4) is 0 Å². The molecule has 0 amide bonds. The SMILES string of the molecule is CCC(O)(CC)CN=C(N)N1CCN(c2ccc(Cl)cc2)CC1. The number of anilines is 1. The van der Waals surface area contributed by atoms with Crippen LogP contribution < -0.4 is 10.6 Å². The van der Waals surface area contributed by atoms with Crippen LogP contribution in [0.4, 0.5) is 5.69 Å². The third-order valence-corrected chi connectivity index (χ3v) is 4.90. The van der Waals surface area contributed by atoms with Gasteiger partial charge in [-0.1, -0.05) is 25.4 Å². The van der Waals surface area contributed by atoms with E-state index in [-0.39, 0.29) is 0 Å². The molecule has 2 rings (SSSR count). The number of halogens is 1. The van der Waals surface area contributed by atoms with Crippen LogP contribution in [0.15, 0.2) is 29.3 Å². The number of hydrogen-bond donors (Lipinski definition) is 2. The minimum absolute atomic E-state index is 0.364. The summed E-state index contributed by atoms with van der Waals surface area (Å²) in [6, 6.07) is 7.90. The molecule has 23 heavy (non-hydrogen) atoms. The highest BCUT2D eigenvalue weighted by Gasteiger charge is 2.23. The van der Waals surface area contributed by atoms with Crippen molar-refractivity contribution in [1.82, 2.24) is 4.90 Å². The monoisotopic (exact) mass is 338 g/mol. The first kappa shape index (κ1) is 17.9. The second-order valence-corrected chi connectivity index (χ2v) is 6.49. The average molecular weight is 339 g/mol. The highest BCUT2D eigenvalue weighted by molar-refractivity contribution is 6.30. The van der Waals surface area contributed by atoms with E-state index in [2.05, 4.69) is 14.8 Å². The van der Waals surface area contributed by atoms with E-state index in [4.69, 9.17) is 17.3 Å². The number of guanidine groups is 1. The van der Waals surface area contributed by atoms with E-state index in [0.717, 1.165) is 31.2 Å². The molecule has 0 unspecified atom stereocenters.